The van der Waals surface area contributed by atoms with Crippen molar-refractivity contribution in [3.05, 3.63) is 64.0 Å². The van der Waals surface area contributed by atoms with E-state index in [2.05, 4.69) is 0 Å². The molecule has 120 valence electrons. The predicted molar refractivity (Wildman–Crippen MR) is 91.3 cm³/mol. The van der Waals surface area contributed by atoms with Crippen LogP contribution in [0.1, 0.15) is 12.8 Å². The minimum atomic E-state index is -0.469. The molecule has 1 heterocycles. The average molecular weight is 341 g/mol. The molecule has 0 aliphatic heterocycles. The van der Waals surface area contributed by atoms with Crippen LogP contribution in [0, 0.1) is 5.92 Å². The van der Waals surface area contributed by atoms with E-state index in [1.807, 2.05) is 30.3 Å². The molecule has 0 amide bonds. The summed E-state index contributed by atoms with van der Waals surface area (Å²) in [6, 6.07) is 14.1. The van der Waals surface area contributed by atoms with Crippen LogP contribution in [0.5, 0.6) is 5.75 Å². The molecular weight excluding hydrogens is 328 g/mol. The number of hydrogen-bond donors (Lipinski definition) is 0. The number of hydrogen-bond acceptors (Lipinski definition) is 4. The molecule has 4 rings (SSSR count). The summed E-state index contributed by atoms with van der Waals surface area (Å²) in [5.41, 5.74) is 1.48. The molecule has 5 heteroatoms. The van der Waals surface area contributed by atoms with Gasteiger partial charge in [0.15, 0.2) is 5.75 Å². The molecule has 0 bridgehead atoms. The first kappa shape index (κ1) is 15.0. The minimum absolute atomic E-state index is 0.0422. The van der Waals surface area contributed by atoms with Crippen LogP contribution in [0.4, 0.5) is 0 Å². The first-order valence-electron chi connectivity index (χ1n) is 7.66. The Morgan fingerprint density at radius 2 is 1.88 bits per heavy atom. The van der Waals surface area contributed by atoms with Crippen molar-refractivity contribution in [2.75, 3.05) is 0 Å². The lowest BCUT2D eigenvalue weighted by atomic mass is 10.0. The van der Waals surface area contributed by atoms with Gasteiger partial charge >= 0.3 is 11.6 Å². The SMILES string of the molecule is O=C(Oc1cc2oc(=O)cc(-c3ccccc3)c2cc1Cl)C1CC1. The van der Waals surface area contributed by atoms with Crippen LogP contribution in [0.15, 0.2) is 57.7 Å². The highest BCUT2D eigenvalue weighted by Crippen LogP contribution is 2.37. The summed E-state index contributed by atoms with van der Waals surface area (Å²) in [5, 5.41) is 1.000. The van der Waals surface area contributed by atoms with Crippen molar-refractivity contribution in [3.63, 3.8) is 0 Å². The van der Waals surface area contributed by atoms with E-state index in [9.17, 15) is 9.59 Å². The maximum atomic E-state index is 11.9. The van der Waals surface area contributed by atoms with Crippen molar-refractivity contribution in [1.29, 1.82) is 0 Å². The zero-order valence-electron chi connectivity index (χ0n) is 12.6. The van der Waals surface area contributed by atoms with Gasteiger partial charge in [-0.3, -0.25) is 4.79 Å². The van der Waals surface area contributed by atoms with Gasteiger partial charge in [0.2, 0.25) is 0 Å². The smallest absolute Gasteiger partial charge is 0.336 e. The molecular formula is C19H13ClO4. The largest absolute Gasteiger partial charge is 0.425 e. The highest BCUT2D eigenvalue weighted by molar-refractivity contribution is 6.33. The number of rotatable bonds is 3. The van der Waals surface area contributed by atoms with Crippen molar-refractivity contribution in [2.24, 2.45) is 5.92 Å². The first-order chi connectivity index (χ1) is 11.6. The number of benzene rings is 2. The van der Waals surface area contributed by atoms with Crippen molar-refractivity contribution in [2.45, 2.75) is 12.8 Å². The number of halogens is 1. The molecule has 4 nitrogen and oxygen atoms in total. The Balaban J connectivity index is 1.86. The monoisotopic (exact) mass is 340 g/mol. The highest BCUT2D eigenvalue weighted by Gasteiger charge is 2.32. The van der Waals surface area contributed by atoms with Gasteiger partial charge in [-0.05, 0) is 30.0 Å². The molecule has 24 heavy (non-hydrogen) atoms. The maximum Gasteiger partial charge on any atom is 0.336 e. The Morgan fingerprint density at radius 3 is 2.58 bits per heavy atom. The third-order valence-corrected chi connectivity index (χ3v) is 4.30. The molecule has 1 fully saturated rings. The van der Waals surface area contributed by atoms with Crippen LogP contribution in [0.3, 0.4) is 0 Å². The number of ether oxygens (including phenoxy) is 1. The predicted octanol–water partition coefficient (Wildman–Crippen LogP) is 4.43. The molecule has 0 unspecified atom stereocenters. The van der Waals surface area contributed by atoms with E-state index >= 15 is 0 Å². The molecule has 1 aliphatic rings. The molecule has 0 radical (unpaired) electrons. The van der Waals surface area contributed by atoms with Gasteiger partial charge in [0.1, 0.15) is 5.58 Å². The summed E-state index contributed by atoms with van der Waals surface area (Å²) in [6.07, 6.45) is 1.69. The standard InChI is InChI=1S/C19H13ClO4/c20-15-8-14-13(11-4-2-1-3-5-11)9-18(21)23-16(14)10-17(15)24-19(22)12-6-7-12/h1-5,8-10,12H,6-7H2. The fourth-order valence-corrected chi connectivity index (χ4v) is 2.81. The zero-order valence-corrected chi connectivity index (χ0v) is 13.4. The second kappa shape index (κ2) is 5.80. The van der Waals surface area contributed by atoms with Crippen molar-refractivity contribution >= 4 is 28.5 Å². The lowest BCUT2D eigenvalue weighted by Gasteiger charge is -2.10. The van der Waals surface area contributed by atoms with E-state index < -0.39 is 5.63 Å². The lowest BCUT2D eigenvalue weighted by Crippen LogP contribution is -2.10. The molecule has 0 atom stereocenters. The molecule has 1 saturated carbocycles. The minimum Gasteiger partial charge on any atom is -0.425 e. The summed E-state index contributed by atoms with van der Waals surface area (Å²) in [7, 11) is 0. The average Bonchev–Trinajstić information content (AvgIpc) is 3.41. The van der Waals surface area contributed by atoms with Gasteiger partial charge in [0.25, 0.3) is 0 Å². The second-order valence-corrected chi connectivity index (χ2v) is 6.23. The van der Waals surface area contributed by atoms with Gasteiger partial charge < -0.3 is 9.15 Å². The molecule has 1 aliphatic carbocycles. The Morgan fingerprint density at radius 1 is 1.12 bits per heavy atom. The van der Waals surface area contributed by atoms with E-state index in [0.717, 1.165) is 24.0 Å². The fourth-order valence-electron chi connectivity index (χ4n) is 2.61. The molecule has 0 spiro atoms. The van der Waals surface area contributed by atoms with Crippen molar-refractivity contribution < 1.29 is 13.9 Å². The van der Waals surface area contributed by atoms with Gasteiger partial charge in [-0.1, -0.05) is 41.9 Å². The molecule has 3 aromatic rings. The lowest BCUT2D eigenvalue weighted by molar-refractivity contribution is -0.135. The van der Waals surface area contributed by atoms with Gasteiger partial charge in [0.05, 0.1) is 10.9 Å². The quantitative estimate of drug-likeness (QED) is 0.402. The van der Waals surface area contributed by atoms with Gasteiger partial charge in [-0.2, -0.15) is 0 Å². The Kier molecular flexibility index (Phi) is 3.62. The van der Waals surface area contributed by atoms with Crippen LogP contribution in [0.25, 0.3) is 22.1 Å². The Hall–Kier alpha value is -2.59. The first-order valence-corrected chi connectivity index (χ1v) is 8.04. The van der Waals surface area contributed by atoms with Crippen LogP contribution >= 0.6 is 11.6 Å². The molecule has 0 N–H and O–H groups in total. The van der Waals surface area contributed by atoms with E-state index in [1.54, 1.807) is 6.07 Å². The summed E-state index contributed by atoms with van der Waals surface area (Å²) < 4.78 is 10.6. The van der Waals surface area contributed by atoms with Gasteiger partial charge in [0, 0.05) is 17.5 Å². The molecule has 0 saturated heterocycles. The third kappa shape index (κ3) is 2.81. The number of fused-ring (bicyclic) bond motifs is 1. The van der Waals surface area contributed by atoms with E-state index in [-0.39, 0.29) is 17.6 Å². The third-order valence-electron chi connectivity index (χ3n) is 4.00. The number of esters is 1. The fraction of sp³-hybridized carbons (Fsp3) is 0.158. The van der Waals surface area contributed by atoms with Crippen molar-refractivity contribution in [1.82, 2.24) is 0 Å². The van der Waals surface area contributed by atoms with Crippen LogP contribution in [-0.4, -0.2) is 5.97 Å². The topological polar surface area (TPSA) is 56.5 Å². The van der Waals surface area contributed by atoms with E-state index in [4.69, 9.17) is 20.8 Å². The van der Waals surface area contributed by atoms with E-state index in [1.165, 1.54) is 12.1 Å². The Bertz CT molecular complexity index is 987. The maximum absolute atomic E-state index is 11.9. The normalized spacial score (nSPS) is 13.9. The second-order valence-electron chi connectivity index (χ2n) is 5.82. The number of carbonyl (C=O) groups excluding carboxylic acids is 1. The highest BCUT2D eigenvalue weighted by atomic mass is 35.5. The van der Waals surface area contributed by atoms with Crippen LogP contribution in [-0.2, 0) is 4.79 Å². The van der Waals surface area contributed by atoms with Gasteiger partial charge in [-0.25, -0.2) is 4.79 Å². The van der Waals surface area contributed by atoms with Crippen LogP contribution < -0.4 is 10.4 Å². The summed E-state index contributed by atoms with van der Waals surface area (Å²) >= 11 is 6.27. The Labute approximate surface area is 142 Å². The molecule has 1 aromatic heterocycles. The van der Waals surface area contributed by atoms with Crippen LogP contribution in [0.2, 0.25) is 5.02 Å². The van der Waals surface area contributed by atoms with Gasteiger partial charge in [-0.15, -0.1) is 0 Å². The number of carbonyl (C=O) groups is 1. The zero-order chi connectivity index (χ0) is 16.7. The summed E-state index contributed by atoms with van der Waals surface area (Å²) in [6.45, 7) is 0. The summed E-state index contributed by atoms with van der Waals surface area (Å²) in [5.74, 6) is -0.119. The van der Waals surface area contributed by atoms with E-state index in [0.29, 0.717) is 16.0 Å². The summed E-state index contributed by atoms with van der Waals surface area (Å²) in [4.78, 5) is 23.8. The molecule has 2 aromatic carbocycles. The van der Waals surface area contributed by atoms with Crippen molar-refractivity contribution in [3.8, 4) is 16.9 Å².